The van der Waals surface area contributed by atoms with Gasteiger partial charge in [0, 0.05) is 5.56 Å². The highest BCUT2D eigenvalue weighted by atomic mass is 19.1. The molecule has 6 heteroatoms. The van der Waals surface area contributed by atoms with Gasteiger partial charge in [-0.15, -0.1) is 0 Å². The first-order valence-corrected chi connectivity index (χ1v) is 6.48. The van der Waals surface area contributed by atoms with Crippen molar-refractivity contribution in [2.24, 2.45) is 0 Å². The molecule has 0 fully saturated rings. The van der Waals surface area contributed by atoms with Gasteiger partial charge >= 0.3 is 5.97 Å². The highest BCUT2D eigenvalue weighted by Gasteiger charge is 2.24. The lowest BCUT2D eigenvalue weighted by Gasteiger charge is -2.20. The molecule has 0 radical (unpaired) electrons. The van der Waals surface area contributed by atoms with Crippen LogP contribution >= 0.6 is 0 Å². The van der Waals surface area contributed by atoms with Gasteiger partial charge in [0.05, 0.1) is 18.3 Å². The summed E-state index contributed by atoms with van der Waals surface area (Å²) in [7, 11) is 1.71. The monoisotopic (exact) mass is 285 g/mol. The zero-order valence-corrected chi connectivity index (χ0v) is 11.6. The molecule has 1 rings (SSSR count). The Bertz CT molecular complexity index is 453. The SMILES string of the molecule is CCOC(=O)c1ccc(F)cc1C(O)C(O)CCNC. The minimum atomic E-state index is -1.35. The summed E-state index contributed by atoms with van der Waals surface area (Å²) in [6.07, 6.45) is -2.17. The molecular formula is C14H20FNO4. The molecule has 5 nitrogen and oxygen atoms in total. The fourth-order valence-electron chi connectivity index (χ4n) is 1.83. The maximum atomic E-state index is 13.3. The molecule has 1 aromatic rings. The van der Waals surface area contributed by atoms with E-state index in [0.717, 1.165) is 12.1 Å². The van der Waals surface area contributed by atoms with Crippen molar-refractivity contribution in [1.29, 1.82) is 0 Å². The van der Waals surface area contributed by atoms with Crippen molar-refractivity contribution in [2.75, 3.05) is 20.2 Å². The lowest BCUT2D eigenvalue weighted by molar-refractivity contribution is 0.0125. The molecule has 0 saturated heterocycles. The first-order chi connectivity index (χ1) is 9.51. The van der Waals surface area contributed by atoms with E-state index in [4.69, 9.17) is 4.74 Å². The van der Waals surface area contributed by atoms with Gasteiger partial charge in [0.25, 0.3) is 0 Å². The Hall–Kier alpha value is -1.50. The minimum absolute atomic E-state index is 0.0343. The van der Waals surface area contributed by atoms with Crippen molar-refractivity contribution in [3.63, 3.8) is 0 Å². The maximum Gasteiger partial charge on any atom is 0.338 e. The van der Waals surface area contributed by atoms with E-state index >= 15 is 0 Å². The highest BCUT2D eigenvalue weighted by molar-refractivity contribution is 5.91. The third kappa shape index (κ3) is 4.26. The standard InChI is InChI=1S/C14H20FNO4/c1-3-20-14(19)10-5-4-9(15)8-11(10)13(18)12(17)6-7-16-2/h4-5,8,12-13,16-18H,3,6-7H2,1-2H3. The molecule has 0 aliphatic rings. The Morgan fingerprint density at radius 1 is 1.45 bits per heavy atom. The summed E-state index contributed by atoms with van der Waals surface area (Å²) in [6, 6.07) is 3.40. The minimum Gasteiger partial charge on any atom is -0.462 e. The van der Waals surface area contributed by atoms with Crippen LogP contribution in [0, 0.1) is 5.82 Å². The number of aliphatic hydroxyl groups excluding tert-OH is 2. The van der Waals surface area contributed by atoms with Crippen molar-refractivity contribution in [3.05, 3.63) is 35.1 Å². The van der Waals surface area contributed by atoms with Crippen LogP contribution in [0.2, 0.25) is 0 Å². The van der Waals surface area contributed by atoms with Crippen molar-refractivity contribution in [3.8, 4) is 0 Å². The fourth-order valence-corrected chi connectivity index (χ4v) is 1.83. The number of carbonyl (C=O) groups excluding carboxylic acids is 1. The molecule has 1 aromatic carbocycles. The number of nitrogens with one attached hydrogen (secondary N) is 1. The zero-order chi connectivity index (χ0) is 15.1. The van der Waals surface area contributed by atoms with Gasteiger partial charge in [-0.25, -0.2) is 9.18 Å². The van der Waals surface area contributed by atoms with E-state index in [2.05, 4.69) is 5.32 Å². The number of halogens is 1. The molecule has 0 spiro atoms. The number of benzene rings is 1. The van der Waals surface area contributed by atoms with Crippen LogP contribution in [-0.4, -0.2) is 42.5 Å². The van der Waals surface area contributed by atoms with Gasteiger partial charge in [-0.05, 0) is 45.1 Å². The maximum absolute atomic E-state index is 13.3. The quantitative estimate of drug-likeness (QED) is 0.652. The molecular weight excluding hydrogens is 265 g/mol. The van der Waals surface area contributed by atoms with E-state index in [1.807, 2.05) is 0 Å². The predicted octanol–water partition coefficient (Wildman–Crippen LogP) is 1.01. The second-order valence-corrected chi connectivity index (χ2v) is 4.36. The molecule has 0 bridgehead atoms. The largest absolute Gasteiger partial charge is 0.462 e. The summed E-state index contributed by atoms with van der Waals surface area (Å²) in [5.74, 6) is -1.24. The Morgan fingerprint density at radius 2 is 2.15 bits per heavy atom. The van der Waals surface area contributed by atoms with Crippen LogP contribution < -0.4 is 5.32 Å². The number of esters is 1. The van der Waals surface area contributed by atoms with Gasteiger partial charge < -0.3 is 20.3 Å². The van der Waals surface area contributed by atoms with Crippen molar-refractivity contribution in [2.45, 2.75) is 25.6 Å². The number of aliphatic hydroxyl groups is 2. The second kappa shape index (κ2) is 7.94. The molecule has 0 aliphatic heterocycles. The summed E-state index contributed by atoms with van der Waals surface area (Å²) < 4.78 is 18.2. The van der Waals surface area contributed by atoms with Crippen LogP contribution in [0.15, 0.2) is 18.2 Å². The molecule has 112 valence electrons. The van der Waals surface area contributed by atoms with E-state index in [-0.39, 0.29) is 24.2 Å². The summed E-state index contributed by atoms with van der Waals surface area (Å²) in [4.78, 5) is 11.8. The van der Waals surface area contributed by atoms with Gasteiger partial charge in [0.2, 0.25) is 0 Å². The molecule has 0 amide bonds. The van der Waals surface area contributed by atoms with Gasteiger partial charge in [0.1, 0.15) is 11.9 Å². The number of ether oxygens (including phenoxy) is 1. The number of hydrogen-bond acceptors (Lipinski definition) is 5. The molecule has 2 atom stereocenters. The lowest BCUT2D eigenvalue weighted by Crippen LogP contribution is -2.25. The highest BCUT2D eigenvalue weighted by Crippen LogP contribution is 2.24. The number of carbonyl (C=O) groups is 1. The van der Waals surface area contributed by atoms with E-state index in [0.29, 0.717) is 6.54 Å². The molecule has 3 N–H and O–H groups in total. The summed E-state index contributed by atoms with van der Waals surface area (Å²) in [6.45, 7) is 2.32. The average molecular weight is 285 g/mol. The third-order valence-corrected chi connectivity index (χ3v) is 2.88. The van der Waals surface area contributed by atoms with Gasteiger partial charge in [-0.2, -0.15) is 0 Å². The lowest BCUT2D eigenvalue weighted by atomic mass is 9.97. The molecule has 0 aromatic heterocycles. The smallest absolute Gasteiger partial charge is 0.338 e. The van der Waals surface area contributed by atoms with Crippen LogP contribution in [-0.2, 0) is 4.74 Å². The van der Waals surface area contributed by atoms with Crippen LogP contribution in [0.3, 0.4) is 0 Å². The zero-order valence-electron chi connectivity index (χ0n) is 11.6. The summed E-state index contributed by atoms with van der Waals surface area (Å²) in [5.41, 5.74) is 0.0938. The van der Waals surface area contributed by atoms with Crippen LogP contribution in [0.1, 0.15) is 35.4 Å². The molecule has 20 heavy (non-hydrogen) atoms. The third-order valence-electron chi connectivity index (χ3n) is 2.88. The number of rotatable bonds is 7. The molecule has 0 heterocycles. The molecule has 2 unspecified atom stereocenters. The van der Waals surface area contributed by atoms with Gasteiger partial charge in [0.15, 0.2) is 0 Å². The van der Waals surface area contributed by atoms with E-state index in [1.165, 1.54) is 6.07 Å². The predicted molar refractivity (Wildman–Crippen MR) is 71.9 cm³/mol. The van der Waals surface area contributed by atoms with E-state index in [9.17, 15) is 19.4 Å². The first kappa shape index (κ1) is 16.6. The summed E-state index contributed by atoms with van der Waals surface area (Å²) in [5, 5.41) is 22.8. The Morgan fingerprint density at radius 3 is 2.75 bits per heavy atom. The Kier molecular flexibility index (Phi) is 6.57. The topological polar surface area (TPSA) is 78.8 Å². The van der Waals surface area contributed by atoms with Gasteiger partial charge in [-0.1, -0.05) is 0 Å². The normalized spacial score (nSPS) is 13.8. The van der Waals surface area contributed by atoms with Gasteiger partial charge in [-0.3, -0.25) is 0 Å². The molecule has 0 aliphatic carbocycles. The van der Waals surface area contributed by atoms with Crippen molar-refractivity contribution >= 4 is 5.97 Å². The van der Waals surface area contributed by atoms with Crippen LogP contribution in [0.4, 0.5) is 4.39 Å². The summed E-state index contributed by atoms with van der Waals surface area (Å²) >= 11 is 0. The molecule has 0 saturated carbocycles. The first-order valence-electron chi connectivity index (χ1n) is 6.48. The Balaban J connectivity index is 3.01. The van der Waals surface area contributed by atoms with E-state index in [1.54, 1.807) is 14.0 Å². The van der Waals surface area contributed by atoms with Crippen LogP contribution in [0.25, 0.3) is 0 Å². The van der Waals surface area contributed by atoms with Crippen molar-refractivity contribution in [1.82, 2.24) is 5.32 Å². The van der Waals surface area contributed by atoms with E-state index < -0.39 is 24.0 Å². The number of hydrogen-bond donors (Lipinski definition) is 3. The average Bonchev–Trinajstić information content (AvgIpc) is 2.43. The second-order valence-electron chi connectivity index (χ2n) is 4.36. The van der Waals surface area contributed by atoms with Crippen molar-refractivity contribution < 1.29 is 24.1 Å². The van der Waals surface area contributed by atoms with Crippen LogP contribution in [0.5, 0.6) is 0 Å². The Labute approximate surface area is 117 Å². The fraction of sp³-hybridized carbons (Fsp3) is 0.500.